The van der Waals surface area contributed by atoms with Crippen LogP contribution in [0, 0.1) is 17.2 Å². The van der Waals surface area contributed by atoms with E-state index in [0.29, 0.717) is 22.8 Å². The predicted octanol–water partition coefficient (Wildman–Crippen LogP) is 1.94. The molecule has 1 saturated carbocycles. The summed E-state index contributed by atoms with van der Waals surface area (Å²) >= 11 is 1.55. The summed E-state index contributed by atoms with van der Waals surface area (Å²) in [7, 11) is 0. The predicted molar refractivity (Wildman–Crippen MR) is 77.7 cm³/mol. The van der Waals surface area contributed by atoms with Crippen LogP contribution < -0.4 is 0 Å². The average Bonchev–Trinajstić information content (AvgIpc) is 3.24. The lowest BCUT2D eigenvalue weighted by atomic mass is 10.1. The van der Waals surface area contributed by atoms with Crippen molar-refractivity contribution in [2.45, 2.75) is 24.3 Å². The maximum atomic E-state index is 12.7. The lowest BCUT2D eigenvalue weighted by Crippen LogP contribution is -2.46. The maximum Gasteiger partial charge on any atom is 0.327 e. The summed E-state index contributed by atoms with van der Waals surface area (Å²) in [5.41, 5.74) is 0.788. The number of nitriles is 1. The van der Waals surface area contributed by atoms with E-state index < -0.39 is 12.0 Å². The van der Waals surface area contributed by atoms with Gasteiger partial charge < -0.3 is 10.0 Å². The minimum absolute atomic E-state index is 0.0515. The Morgan fingerprint density at radius 1 is 1.38 bits per heavy atom. The summed E-state index contributed by atoms with van der Waals surface area (Å²) in [5, 5.41) is 18.2. The van der Waals surface area contributed by atoms with Crippen molar-refractivity contribution >= 4 is 23.6 Å². The number of rotatable bonds is 3. The first-order valence-electron chi connectivity index (χ1n) is 6.79. The first-order valence-corrected chi connectivity index (χ1v) is 7.84. The normalized spacial score (nSPS) is 24.6. The molecule has 1 aliphatic heterocycles. The number of hydrogen-bond acceptors (Lipinski definition) is 4. The monoisotopic (exact) mass is 302 g/mol. The largest absolute Gasteiger partial charge is 0.480 e. The number of thioether (sulfide) groups is 1. The van der Waals surface area contributed by atoms with Crippen molar-refractivity contribution in [1.29, 1.82) is 5.26 Å². The molecule has 0 radical (unpaired) electrons. The molecule has 5 nitrogen and oxygen atoms in total. The van der Waals surface area contributed by atoms with Crippen molar-refractivity contribution in [1.82, 2.24) is 4.90 Å². The lowest BCUT2D eigenvalue weighted by Gasteiger charge is -2.27. The molecule has 2 aliphatic rings. The van der Waals surface area contributed by atoms with Gasteiger partial charge in [0.1, 0.15) is 6.04 Å². The van der Waals surface area contributed by atoms with Gasteiger partial charge in [-0.2, -0.15) is 5.26 Å². The van der Waals surface area contributed by atoms with Gasteiger partial charge >= 0.3 is 5.97 Å². The van der Waals surface area contributed by atoms with Crippen molar-refractivity contribution in [3.63, 3.8) is 0 Å². The summed E-state index contributed by atoms with van der Waals surface area (Å²) in [4.78, 5) is 25.6. The highest BCUT2D eigenvalue weighted by Crippen LogP contribution is 2.45. The Kier molecular flexibility index (Phi) is 3.60. The van der Waals surface area contributed by atoms with Gasteiger partial charge in [-0.25, -0.2) is 4.79 Å². The molecule has 1 aromatic carbocycles. The molecule has 1 saturated heterocycles. The van der Waals surface area contributed by atoms with E-state index >= 15 is 0 Å². The lowest BCUT2D eigenvalue weighted by molar-refractivity contribution is -0.141. The maximum absolute atomic E-state index is 12.7. The van der Waals surface area contributed by atoms with Crippen molar-refractivity contribution in [2.75, 3.05) is 5.75 Å². The Balaban J connectivity index is 1.92. The van der Waals surface area contributed by atoms with Crippen LogP contribution in [0.4, 0.5) is 0 Å². The molecule has 2 unspecified atom stereocenters. The number of carbonyl (C=O) groups is 2. The fourth-order valence-corrected chi connectivity index (χ4v) is 4.22. The van der Waals surface area contributed by atoms with Gasteiger partial charge in [0, 0.05) is 11.3 Å². The Hall–Kier alpha value is -2.00. The Morgan fingerprint density at radius 2 is 2.14 bits per heavy atom. The van der Waals surface area contributed by atoms with Gasteiger partial charge in [0.2, 0.25) is 0 Å². The smallest absolute Gasteiger partial charge is 0.327 e. The topological polar surface area (TPSA) is 81.4 Å². The van der Waals surface area contributed by atoms with Gasteiger partial charge in [0.05, 0.1) is 17.0 Å². The van der Waals surface area contributed by atoms with Gasteiger partial charge in [-0.1, -0.05) is 6.07 Å². The number of carbonyl (C=O) groups excluding carboxylic acids is 1. The number of carboxylic acids is 1. The molecule has 1 amide bonds. The number of aliphatic carboxylic acids is 1. The molecule has 1 heterocycles. The van der Waals surface area contributed by atoms with E-state index in [-0.39, 0.29) is 11.3 Å². The highest BCUT2D eigenvalue weighted by molar-refractivity contribution is 8.00. The summed E-state index contributed by atoms with van der Waals surface area (Å²) in [6.07, 6.45) is 2.10. The zero-order chi connectivity index (χ0) is 15.0. The SMILES string of the molecule is N#Cc1cccc(C(=O)N2C(C(=O)O)CSC2C2CC2)c1. The van der Waals surface area contributed by atoms with Crippen LogP contribution in [0.5, 0.6) is 0 Å². The number of nitrogens with zero attached hydrogens (tertiary/aromatic N) is 2. The third kappa shape index (κ3) is 2.61. The first-order chi connectivity index (χ1) is 10.1. The van der Waals surface area contributed by atoms with Crippen LogP contribution in [0.2, 0.25) is 0 Å². The summed E-state index contributed by atoms with van der Waals surface area (Å²) in [5.74, 6) is -0.417. The van der Waals surface area contributed by atoms with E-state index in [1.807, 2.05) is 6.07 Å². The average molecular weight is 302 g/mol. The number of carboxylic acid groups (broad SMARTS) is 1. The molecule has 0 aromatic heterocycles. The highest BCUT2D eigenvalue weighted by atomic mass is 32.2. The van der Waals surface area contributed by atoms with Crippen LogP contribution in [-0.2, 0) is 4.79 Å². The van der Waals surface area contributed by atoms with E-state index in [9.17, 15) is 14.7 Å². The standard InChI is InChI=1S/C15H14N2O3S/c16-7-9-2-1-3-11(6-9)13(18)17-12(15(19)20)8-21-14(17)10-4-5-10/h1-3,6,10,12,14H,4-5,8H2,(H,19,20). The zero-order valence-electron chi connectivity index (χ0n) is 11.2. The van der Waals surface area contributed by atoms with Crippen LogP contribution in [-0.4, -0.2) is 39.1 Å². The van der Waals surface area contributed by atoms with Gasteiger partial charge in [0.25, 0.3) is 5.91 Å². The van der Waals surface area contributed by atoms with E-state index in [1.54, 1.807) is 30.0 Å². The molecule has 2 fully saturated rings. The molecule has 1 aromatic rings. The quantitative estimate of drug-likeness (QED) is 0.922. The number of amides is 1. The van der Waals surface area contributed by atoms with Crippen LogP contribution in [0.1, 0.15) is 28.8 Å². The van der Waals surface area contributed by atoms with Crippen LogP contribution in [0.3, 0.4) is 0 Å². The Bertz CT molecular complexity index is 636. The minimum atomic E-state index is -0.963. The molecule has 108 valence electrons. The van der Waals surface area contributed by atoms with E-state index in [1.165, 1.54) is 11.0 Å². The van der Waals surface area contributed by atoms with Crippen LogP contribution in [0.25, 0.3) is 0 Å². The van der Waals surface area contributed by atoms with E-state index in [0.717, 1.165) is 12.8 Å². The highest BCUT2D eigenvalue weighted by Gasteiger charge is 2.48. The van der Waals surface area contributed by atoms with E-state index in [2.05, 4.69) is 0 Å². The molecular weight excluding hydrogens is 288 g/mol. The zero-order valence-corrected chi connectivity index (χ0v) is 12.0. The summed E-state index contributed by atoms with van der Waals surface area (Å²) in [6.45, 7) is 0. The van der Waals surface area contributed by atoms with Crippen LogP contribution >= 0.6 is 11.8 Å². The van der Waals surface area contributed by atoms with Crippen molar-refractivity contribution < 1.29 is 14.7 Å². The molecule has 1 aliphatic carbocycles. The van der Waals surface area contributed by atoms with Gasteiger partial charge in [-0.15, -0.1) is 11.8 Å². The summed E-state index contributed by atoms with van der Waals surface area (Å²) < 4.78 is 0. The minimum Gasteiger partial charge on any atom is -0.480 e. The number of hydrogen-bond donors (Lipinski definition) is 1. The molecule has 3 rings (SSSR count). The van der Waals surface area contributed by atoms with Gasteiger partial charge in [-0.3, -0.25) is 4.79 Å². The number of benzene rings is 1. The van der Waals surface area contributed by atoms with Crippen LogP contribution in [0.15, 0.2) is 24.3 Å². The molecule has 2 atom stereocenters. The molecule has 6 heteroatoms. The molecule has 0 spiro atoms. The second kappa shape index (κ2) is 5.41. The van der Waals surface area contributed by atoms with Crippen molar-refractivity contribution in [3.8, 4) is 6.07 Å². The molecule has 1 N–H and O–H groups in total. The van der Waals surface area contributed by atoms with Crippen molar-refractivity contribution in [2.24, 2.45) is 5.92 Å². The molecular formula is C15H14N2O3S. The van der Waals surface area contributed by atoms with E-state index in [4.69, 9.17) is 5.26 Å². The first kappa shape index (κ1) is 14.0. The summed E-state index contributed by atoms with van der Waals surface area (Å²) in [6, 6.07) is 7.66. The third-order valence-corrected chi connectivity index (χ3v) is 5.28. The Morgan fingerprint density at radius 3 is 2.76 bits per heavy atom. The van der Waals surface area contributed by atoms with Crippen molar-refractivity contribution in [3.05, 3.63) is 35.4 Å². The van der Waals surface area contributed by atoms with Gasteiger partial charge in [-0.05, 0) is 37.0 Å². The fourth-order valence-electron chi connectivity index (χ4n) is 2.59. The third-order valence-electron chi connectivity index (χ3n) is 3.82. The molecule has 21 heavy (non-hydrogen) atoms. The fraction of sp³-hybridized carbons (Fsp3) is 0.400. The van der Waals surface area contributed by atoms with Gasteiger partial charge in [0.15, 0.2) is 0 Å². The second-order valence-corrected chi connectivity index (χ2v) is 6.47. The Labute approximate surface area is 126 Å². The molecule has 0 bridgehead atoms. The second-order valence-electron chi connectivity index (χ2n) is 5.32.